The third kappa shape index (κ3) is 3.24. The van der Waals surface area contributed by atoms with Gasteiger partial charge in [-0.2, -0.15) is 0 Å². The van der Waals surface area contributed by atoms with E-state index in [-0.39, 0.29) is 35.2 Å². The lowest BCUT2D eigenvalue weighted by molar-refractivity contribution is 0.485. The van der Waals surface area contributed by atoms with Crippen molar-refractivity contribution in [2.45, 2.75) is 37.1 Å². The normalized spacial score (nSPS) is 20.2. The van der Waals surface area contributed by atoms with Crippen molar-refractivity contribution in [3.63, 3.8) is 0 Å². The van der Waals surface area contributed by atoms with Crippen molar-refractivity contribution in [1.29, 1.82) is 0 Å². The van der Waals surface area contributed by atoms with Gasteiger partial charge in [-0.05, 0) is 43.4 Å². The molecule has 0 atom stereocenters. The highest BCUT2D eigenvalue weighted by Gasteiger charge is 2.44. The molecule has 20 heavy (non-hydrogen) atoms. The number of benzene rings is 1. The van der Waals surface area contributed by atoms with Gasteiger partial charge in [-0.1, -0.05) is 12.1 Å². The van der Waals surface area contributed by atoms with E-state index in [0.717, 1.165) is 12.8 Å². The standard InChI is InChI=1S/C15H20FN3.HI/c1-19(13-6-7-13)14(17)18-10-15(8-9-15)11-2-4-12(16)5-3-11;/h2-5,13H,6-10H2,1H3,(H2,17,18);1H. The molecule has 0 radical (unpaired) electrons. The smallest absolute Gasteiger partial charge is 0.191 e. The monoisotopic (exact) mass is 389 g/mol. The average molecular weight is 389 g/mol. The number of rotatable bonds is 4. The Labute approximate surface area is 136 Å². The summed E-state index contributed by atoms with van der Waals surface area (Å²) in [7, 11) is 2.01. The summed E-state index contributed by atoms with van der Waals surface area (Å²) in [5.41, 5.74) is 7.29. The zero-order valence-corrected chi connectivity index (χ0v) is 14.0. The molecular weight excluding hydrogens is 368 g/mol. The van der Waals surface area contributed by atoms with Crippen LogP contribution >= 0.6 is 24.0 Å². The first-order valence-corrected chi connectivity index (χ1v) is 6.90. The number of nitrogens with two attached hydrogens (primary N) is 1. The number of hydrogen-bond acceptors (Lipinski definition) is 1. The second-order valence-corrected chi connectivity index (χ2v) is 5.80. The summed E-state index contributed by atoms with van der Waals surface area (Å²) in [6.07, 6.45) is 4.66. The SMILES string of the molecule is CN(C(N)=NCC1(c2ccc(F)cc2)CC1)C1CC1.I. The number of guanidine groups is 1. The van der Waals surface area contributed by atoms with E-state index >= 15 is 0 Å². The number of nitrogens with zero attached hydrogens (tertiary/aromatic N) is 2. The summed E-state index contributed by atoms with van der Waals surface area (Å²) in [5.74, 6) is 0.451. The summed E-state index contributed by atoms with van der Waals surface area (Å²) in [4.78, 5) is 6.62. The largest absolute Gasteiger partial charge is 0.370 e. The molecule has 0 unspecified atom stereocenters. The van der Waals surface area contributed by atoms with E-state index in [4.69, 9.17) is 5.73 Å². The van der Waals surface area contributed by atoms with Gasteiger partial charge in [0.1, 0.15) is 5.82 Å². The van der Waals surface area contributed by atoms with E-state index < -0.39 is 0 Å². The molecule has 1 aromatic carbocycles. The van der Waals surface area contributed by atoms with Crippen LogP contribution in [-0.2, 0) is 5.41 Å². The minimum atomic E-state index is -0.184. The zero-order valence-electron chi connectivity index (χ0n) is 11.7. The van der Waals surface area contributed by atoms with Crippen molar-refractivity contribution in [1.82, 2.24) is 4.90 Å². The maximum Gasteiger partial charge on any atom is 0.191 e. The second-order valence-electron chi connectivity index (χ2n) is 5.80. The molecule has 0 heterocycles. The van der Waals surface area contributed by atoms with Crippen LogP contribution in [0.5, 0.6) is 0 Å². The Morgan fingerprint density at radius 3 is 2.45 bits per heavy atom. The summed E-state index contributed by atoms with van der Waals surface area (Å²) in [5, 5.41) is 0. The highest BCUT2D eigenvalue weighted by molar-refractivity contribution is 14.0. The fourth-order valence-corrected chi connectivity index (χ4v) is 2.49. The molecule has 3 nitrogen and oxygen atoms in total. The first-order chi connectivity index (χ1) is 9.11. The minimum absolute atomic E-state index is 0. The Morgan fingerprint density at radius 1 is 1.35 bits per heavy atom. The fraction of sp³-hybridized carbons (Fsp3) is 0.533. The molecule has 0 spiro atoms. The van der Waals surface area contributed by atoms with Crippen molar-refractivity contribution < 1.29 is 4.39 Å². The van der Waals surface area contributed by atoms with E-state index in [1.165, 1.54) is 30.5 Å². The summed E-state index contributed by atoms with van der Waals surface area (Å²) in [6, 6.07) is 7.39. The molecule has 0 saturated heterocycles. The molecule has 0 bridgehead atoms. The highest BCUT2D eigenvalue weighted by Crippen LogP contribution is 2.48. The summed E-state index contributed by atoms with van der Waals surface area (Å²) >= 11 is 0. The van der Waals surface area contributed by atoms with Crippen LogP contribution in [0, 0.1) is 5.82 Å². The fourth-order valence-electron chi connectivity index (χ4n) is 2.49. The highest BCUT2D eigenvalue weighted by atomic mass is 127. The van der Waals surface area contributed by atoms with Crippen LogP contribution in [0.3, 0.4) is 0 Å². The number of aliphatic imine (C=N–C) groups is 1. The van der Waals surface area contributed by atoms with Crippen LogP contribution in [0.15, 0.2) is 29.3 Å². The molecule has 2 aliphatic rings. The molecule has 5 heteroatoms. The number of halogens is 2. The molecule has 2 fully saturated rings. The second kappa shape index (κ2) is 5.87. The van der Waals surface area contributed by atoms with Crippen LogP contribution in [0.1, 0.15) is 31.2 Å². The molecule has 3 rings (SSSR count). The Hall–Kier alpha value is -0.850. The lowest BCUT2D eigenvalue weighted by Gasteiger charge is -2.19. The molecule has 110 valence electrons. The zero-order chi connectivity index (χ0) is 13.5. The quantitative estimate of drug-likeness (QED) is 0.489. The predicted molar refractivity (Wildman–Crippen MR) is 90.0 cm³/mol. The summed E-state index contributed by atoms with van der Waals surface area (Å²) in [6.45, 7) is 0.710. The van der Waals surface area contributed by atoms with Gasteiger partial charge in [-0.3, -0.25) is 4.99 Å². The van der Waals surface area contributed by atoms with E-state index in [0.29, 0.717) is 18.5 Å². The van der Waals surface area contributed by atoms with Gasteiger partial charge < -0.3 is 10.6 Å². The Morgan fingerprint density at radius 2 is 1.95 bits per heavy atom. The third-order valence-electron chi connectivity index (χ3n) is 4.31. The molecule has 0 amide bonds. The van der Waals surface area contributed by atoms with Crippen molar-refractivity contribution in [3.05, 3.63) is 35.6 Å². The van der Waals surface area contributed by atoms with Crippen molar-refractivity contribution in [3.8, 4) is 0 Å². The third-order valence-corrected chi connectivity index (χ3v) is 4.31. The maximum absolute atomic E-state index is 13.0. The average Bonchev–Trinajstić information content (AvgIpc) is 3.28. The molecule has 2 N–H and O–H groups in total. The van der Waals surface area contributed by atoms with Crippen molar-refractivity contribution >= 4 is 29.9 Å². The van der Waals surface area contributed by atoms with Gasteiger partial charge in [-0.15, -0.1) is 24.0 Å². The van der Waals surface area contributed by atoms with Crippen molar-refractivity contribution in [2.75, 3.05) is 13.6 Å². The van der Waals surface area contributed by atoms with Gasteiger partial charge >= 0.3 is 0 Å². The van der Waals surface area contributed by atoms with Crippen LogP contribution in [0.4, 0.5) is 4.39 Å². The Bertz CT molecular complexity index is 492. The van der Waals surface area contributed by atoms with Gasteiger partial charge in [0, 0.05) is 18.5 Å². The van der Waals surface area contributed by atoms with Crippen LogP contribution < -0.4 is 5.73 Å². The molecule has 0 aromatic heterocycles. The maximum atomic E-state index is 13.0. The lowest BCUT2D eigenvalue weighted by Crippen LogP contribution is -2.36. The van der Waals surface area contributed by atoms with Crippen LogP contribution in [-0.4, -0.2) is 30.5 Å². The summed E-state index contributed by atoms with van der Waals surface area (Å²) < 4.78 is 13.0. The van der Waals surface area contributed by atoms with Gasteiger partial charge in [0.2, 0.25) is 0 Å². The van der Waals surface area contributed by atoms with Crippen molar-refractivity contribution in [2.24, 2.45) is 10.7 Å². The van der Waals surface area contributed by atoms with Crippen LogP contribution in [0.2, 0.25) is 0 Å². The molecule has 1 aromatic rings. The van der Waals surface area contributed by atoms with Gasteiger partial charge in [0.25, 0.3) is 0 Å². The predicted octanol–water partition coefficient (Wildman–Crippen LogP) is 2.88. The molecule has 2 aliphatic carbocycles. The Kier molecular flexibility index (Phi) is 4.56. The first kappa shape index (κ1) is 15.5. The minimum Gasteiger partial charge on any atom is -0.370 e. The van der Waals surface area contributed by atoms with Crippen LogP contribution in [0.25, 0.3) is 0 Å². The number of hydrogen-bond donors (Lipinski definition) is 1. The lowest BCUT2D eigenvalue weighted by atomic mass is 9.96. The van der Waals surface area contributed by atoms with E-state index in [9.17, 15) is 4.39 Å². The van der Waals surface area contributed by atoms with Gasteiger partial charge in [-0.25, -0.2) is 4.39 Å². The molecular formula is C15H21FIN3. The first-order valence-electron chi connectivity index (χ1n) is 6.90. The topological polar surface area (TPSA) is 41.6 Å². The molecule has 0 aliphatic heterocycles. The Balaban J connectivity index is 0.00000147. The van der Waals surface area contributed by atoms with E-state index in [1.807, 2.05) is 19.2 Å². The van der Waals surface area contributed by atoms with Gasteiger partial charge in [0.05, 0.1) is 6.54 Å². The molecule has 2 saturated carbocycles. The van der Waals surface area contributed by atoms with E-state index in [2.05, 4.69) is 9.89 Å². The van der Waals surface area contributed by atoms with E-state index in [1.54, 1.807) is 0 Å². The van der Waals surface area contributed by atoms with Gasteiger partial charge in [0.15, 0.2) is 5.96 Å².